The number of rotatable bonds is 3. The van der Waals surface area contributed by atoms with Crippen molar-refractivity contribution in [2.24, 2.45) is 5.73 Å². The molecule has 94 valence electrons. The van der Waals surface area contributed by atoms with Crippen LogP contribution in [0.15, 0.2) is 30.3 Å². The minimum Gasteiger partial charge on any atom is -0.347 e. The molecule has 0 radical (unpaired) electrons. The smallest absolute Gasteiger partial charge is 0.225 e. The Morgan fingerprint density at radius 3 is 2.33 bits per heavy atom. The average molecular weight is 242 g/mol. The van der Waals surface area contributed by atoms with Crippen LogP contribution in [0.25, 0.3) is 11.3 Å². The minimum absolute atomic E-state index is 0.419. The predicted molar refractivity (Wildman–Crippen MR) is 74.4 cm³/mol. The molecular weight excluding hydrogens is 224 g/mol. The van der Waals surface area contributed by atoms with Crippen molar-refractivity contribution < 1.29 is 0 Å². The molecule has 0 amide bonds. The van der Waals surface area contributed by atoms with Crippen LogP contribution in [0.5, 0.6) is 0 Å². The van der Waals surface area contributed by atoms with Gasteiger partial charge in [-0.15, -0.1) is 0 Å². The maximum absolute atomic E-state index is 5.68. The van der Waals surface area contributed by atoms with Crippen molar-refractivity contribution >= 4 is 5.95 Å². The van der Waals surface area contributed by atoms with Crippen molar-refractivity contribution in [3.8, 4) is 11.3 Å². The van der Waals surface area contributed by atoms with E-state index >= 15 is 0 Å². The van der Waals surface area contributed by atoms with Crippen molar-refractivity contribution in [2.45, 2.75) is 13.5 Å². The second-order valence-electron chi connectivity index (χ2n) is 4.51. The fraction of sp³-hybridized carbons (Fsp3) is 0.286. The largest absolute Gasteiger partial charge is 0.347 e. The lowest BCUT2D eigenvalue weighted by molar-refractivity contribution is 0.925. The second-order valence-corrected chi connectivity index (χ2v) is 4.51. The van der Waals surface area contributed by atoms with Gasteiger partial charge in [-0.3, -0.25) is 0 Å². The molecule has 0 unspecified atom stereocenters. The molecule has 1 aromatic heterocycles. The molecular formula is C14H18N4. The first-order valence-corrected chi connectivity index (χ1v) is 5.92. The van der Waals surface area contributed by atoms with Crippen LogP contribution in [-0.2, 0) is 6.54 Å². The van der Waals surface area contributed by atoms with Crippen LogP contribution in [0.3, 0.4) is 0 Å². The average Bonchev–Trinajstić information content (AvgIpc) is 2.39. The zero-order valence-electron chi connectivity index (χ0n) is 11.0. The monoisotopic (exact) mass is 242 g/mol. The Morgan fingerprint density at radius 1 is 1.11 bits per heavy atom. The Hall–Kier alpha value is -1.94. The van der Waals surface area contributed by atoms with E-state index in [0.717, 1.165) is 17.0 Å². The highest BCUT2D eigenvalue weighted by Gasteiger charge is 2.07. The third-order valence-corrected chi connectivity index (χ3v) is 2.72. The summed E-state index contributed by atoms with van der Waals surface area (Å²) in [5, 5.41) is 0. The molecule has 0 saturated carbocycles. The highest BCUT2D eigenvalue weighted by Crippen LogP contribution is 2.20. The number of hydrogen-bond donors (Lipinski definition) is 1. The molecule has 0 fully saturated rings. The summed E-state index contributed by atoms with van der Waals surface area (Å²) in [6.45, 7) is 2.49. The summed E-state index contributed by atoms with van der Waals surface area (Å²) < 4.78 is 0. The molecule has 0 atom stereocenters. The van der Waals surface area contributed by atoms with Crippen molar-refractivity contribution in [3.63, 3.8) is 0 Å². The molecule has 0 saturated heterocycles. The molecule has 1 heterocycles. The normalized spacial score (nSPS) is 10.4. The van der Waals surface area contributed by atoms with Gasteiger partial charge in [-0.1, -0.05) is 29.8 Å². The lowest BCUT2D eigenvalue weighted by atomic mass is 10.1. The highest BCUT2D eigenvalue weighted by molar-refractivity contribution is 5.61. The molecule has 18 heavy (non-hydrogen) atoms. The zero-order valence-corrected chi connectivity index (χ0v) is 11.0. The van der Waals surface area contributed by atoms with E-state index in [2.05, 4.69) is 41.2 Å². The Balaban J connectivity index is 2.49. The minimum atomic E-state index is 0.419. The maximum Gasteiger partial charge on any atom is 0.225 e. The summed E-state index contributed by atoms with van der Waals surface area (Å²) in [4.78, 5) is 10.8. The Kier molecular flexibility index (Phi) is 3.58. The van der Waals surface area contributed by atoms with E-state index in [1.54, 1.807) is 0 Å². The molecule has 4 nitrogen and oxygen atoms in total. The Labute approximate surface area is 107 Å². The van der Waals surface area contributed by atoms with E-state index in [9.17, 15) is 0 Å². The van der Waals surface area contributed by atoms with Crippen molar-refractivity contribution in [3.05, 3.63) is 41.6 Å². The fourth-order valence-corrected chi connectivity index (χ4v) is 1.66. The topological polar surface area (TPSA) is 55.0 Å². The first kappa shape index (κ1) is 12.5. The van der Waals surface area contributed by atoms with E-state index in [4.69, 9.17) is 5.73 Å². The molecule has 0 aliphatic rings. The van der Waals surface area contributed by atoms with Crippen LogP contribution in [0.2, 0.25) is 0 Å². The van der Waals surface area contributed by atoms with Gasteiger partial charge in [-0.2, -0.15) is 0 Å². The third-order valence-electron chi connectivity index (χ3n) is 2.72. The Morgan fingerprint density at radius 2 is 1.78 bits per heavy atom. The van der Waals surface area contributed by atoms with Gasteiger partial charge in [-0.25, -0.2) is 9.97 Å². The summed E-state index contributed by atoms with van der Waals surface area (Å²) in [6, 6.07) is 10.2. The molecule has 2 N–H and O–H groups in total. The first-order valence-electron chi connectivity index (χ1n) is 5.92. The number of benzene rings is 1. The van der Waals surface area contributed by atoms with Gasteiger partial charge in [0.1, 0.15) is 0 Å². The van der Waals surface area contributed by atoms with Crippen LogP contribution in [0.4, 0.5) is 5.95 Å². The van der Waals surface area contributed by atoms with Gasteiger partial charge in [0.05, 0.1) is 11.4 Å². The van der Waals surface area contributed by atoms with Gasteiger partial charge >= 0.3 is 0 Å². The second kappa shape index (κ2) is 5.14. The molecule has 4 heteroatoms. The molecule has 2 rings (SSSR count). The lowest BCUT2D eigenvalue weighted by Crippen LogP contribution is -2.15. The van der Waals surface area contributed by atoms with Gasteiger partial charge in [-0.05, 0) is 13.0 Å². The number of anilines is 1. The van der Waals surface area contributed by atoms with Gasteiger partial charge in [0.25, 0.3) is 0 Å². The van der Waals surface area contributed by atoms with Crippen LogP contribution in [0, 0.1) is 6.92 Å². The number of aryl methyl sites for hydroxylation is 1. The summed E-state index contributed by atoms with van der Waals surface area (Å²) in [7, 11) is 3.85. The third kappa shape index (κ3) is 2.65. The zero-order chi connectivity index (χ0) is 13.1. The fourth-order valence-electron chi connectivity index (χ4n) is 1.66. The summed E-state index contributed by atoms with van der Waals surface area (Å²) in [5.41, 5.74) is 9.76. The lowest BCUT2D eigenvalue weighted by Gasteiger charge is -2.13. The maximum atomic E-state index is 5.68. The SMILES string of the molecule is Cc1ccc(-c2cc(CN)nc(N(C)C)n2)cc1. The number of nitrogens with two attached hydrogens (primary N) is 1. The van der Waals surface area contributed by atoms with Gasteiger partial charge in [0.2, 0.25) is 5.95 Å². The van der Waals surface area contributed by atoms with Crippen molar-refractivity contribution in [1.82, 2.24) is 9.97 Å². The summed E-state index contributed by atoms with van der Waals surface area (Å²) >= 11 is 0. The molecule has 2 aromatic rings. The van der Waals surface area contributed by atoms with E-state index in [1.165, 1.54) is 5.56 Å². The van der Waals surface area contributed by atoms with E-state index in [0.29, 0.717) is 12.5 Å². The highest BCUT2D eigenvalue weighted by atomic mass is 15.2. The number of aromatic nitrogens is 2. The van der Waals surface area contributed by atoms with Gasteiger partial charge in [0, 0.05) is 26.2 Å². The molecule has 0 spiro atoms. The number of nitrogens with zero attached hydrogens (tertiary/aromatic N) is 3. The van der Waals surface area contributed by atoms with Crippen LogP contribution in [0.1, 0.15) is 11.3 Å². The van der Waals surface area contributed by atoms with Gasteiger partial charge < -0.3 is 10.6 Å². The number of hydrogen-bond acceptors (Lipinski definition) is 4. The van der Waals surface area contributed by atoms with Gasteiger partial charge in [0.15, 0.2) is 0 Å². The first-order chi connectivity index (χ1) is 8.60. The predicted octanol–water partition coefficient (Wildman–Crippen LogP) is 1.98. The molecule has 0 bridgehead atoms. The Bertz CT molecular complexity index is 532. The quantitative estimate of drug-likeness (QED) is 0.894. The molecule has 0 aliphatic heterocycles. The molecule has 1 aromatic carbocycles. The summed E-state index contributed by atoms with van der Waals surface area (Å²) in [6.07, 6.45) is 0. The van der Waals surface area contributed by atoms with Crippen LogP contribution >= 0.6 is 0 Å². The molecule has 0 aliphatic carbocycles. The van der Waals surface area contributed by atoms with E-state index < -0.39 is 0 Å². The van der Waals surface area contributed by atoms with Crippen molar-refractivity contribution in [1.29, 1.82) is 0 Å². The van der Waals surface area contributed by atoms with Crippen LogP contribution < -0.4 is 10.6 Å². The summed E-state index contributed by atoms with van der Waals surface area (Å²) in [5.74, 6) is 0.688. The van der Waals surface area contributed by atoms with E-state index in [-0.39, 0.29) is 0 Å². The van der Waals surface area contributed by atoms with E-state index in [1.807, 2.05) is 25.1 Å². The van der Waals surface area contributed by atoms with Crippen LogP contribution in [-0.4, -0.2) is 24.1 Å². The van der Waals surface area contributed by atoms with Crippen molar-refractivity contribution in [2.75, 3.05) is 19.0 Å². The standard InChI is InChI=1S/C14H18N4/c1-10-4-6-11(7-5-10)13-8-12(9-15)16-14(17-13)18(2)3/h4-8H,9,15H2,1-3H3.